The van der Waals surface area contributed by atoms with E-state index in [-0.39, 0.29) is 0 Å². The SMILES string of the molecule is COCc1ccc(C(CN2CCC2)N2CCN(c3ncnc(N)c3-c3cn[nH]c3)CC2)cc1. The highest BCUT2D eigenvalue weighted by Crippen LogP contribution is 2.34. The summed E-state index contributed by atoms with van der Waals surface area (Å²) in [5.41, 5.74) is 10.6. The Labute approximate surface area is 194 Å². The molecule has 5 rings (SSSR count). The van der Waals surface area contributed by atoms with Crippen LogP contribution in [0, 0.1) is 0 Å². The topological polar surface area (TPSA) is 99.4 Å². The van der Waals surface area contributed by atoms with Gasteiger partial charge in [-0.3, -0.25) is 10.00 Å². The molecule has 0 radical (unpaired) electrons. The zero-order valence-corrected chi connectivity index (χ0v) is 19.2. The summed E-state index contributed by atoms with van der Waals surface area (Å²) < 4.78 is 5.28. The van der Waals surface area contributed by atoms with Crippen molar-refractivity contribution in [2.24, 2.45) is 0 Å². The molecule has 9 nitrogen and oxygen atoms in total. The number of aromatic amines is 1. The largest absolute Gasteiger partial charge is 0.383 e. The zero-order valence-electron chi connectivity index (χ0n) is 19.2. The number of nitrogens with one attached hydrogen (secondary N) is 1. The lowest BCUT2D eigenvalue weighted by Gasteiger charge is -2.43. The van der Waals surface area contributed by atoms with Gasteiger partial charge in [-0.15, -0.1) is 0 Å². The number of nitrogens with zero attached hydrogens (tertiary/aromatic N) is 6. The number of piperazine rings is 1. The van der Waals surface area contributed by atoms with E-state index in [0.29, 0.717) is 18.5 Å². The number of nitrogens with two attached hydrogens (primary N) is 1. The zero-order chi connectivity index (χ0) is 22.6. The smallest absolute Gasteiger partial charge is 0.142 e. The number of H-pyrrole nitrogens is 1. The Hall–Kier alpha value is -3.01. The van der Waals surface area contributed by atoms with Crippen LogP contribution in [0.15, 0.2) is 43.0 Å². The van der Waals surface area contributed by atoms with Gasteiger partial charge in [0.1, 0.15) is 18.0 Å². The van der Waals surface area contributed by atoms with E-state index < -0.39 is 0 Å². The van der Waals surface area contributed by atoms with Crippen molar-refractivity contribution in [1.82, 2.24) is 30.0 Å². The van der Waals surface area contributed by atoms with Crippen LogP contribution in [0.3, 0.4) is 0 Å². The minimum absolute atomic E-state index is 0.382. The van der Waals surface area contributed by atoms with Gasteiger partial charge in [0.25, 0.3) is 0 Å². The first kappa shape index (κ1) is 21.8. The standard InChI is InChI=1S/C24H32N8O/c1-33-16-18-3-5-19(6-4-18)21(15-30-7-2-8-30)31-9-11-32(12-10-31)24-22(20-13-28-29-14-20)23(25)26-17-27-24/h3-6,13-14,17,21H,2,7-12,15-16H2,1H3,(H,28,29)(H2,25,26,27). The number of methoxy groups -OCH3 is 1. The molecule has 9 heteroatoms. The van der Waals surface area contributed by atoms with Gasteiger partial charge in [0, 0.05) is 57.6 Å². The first-order valence-electron chi connectivity index (χ1n) is 11.6. The Morgan fingerprint density at radius 2 is 1.85 bits per heavy atom. The first-order valence-corrected chi connectivity index (χ1v) is 11.6. The quantitative estimate of drug-likeness (QED) is 0.541. The van der Waals surface area contributed by atoms with Crippen LogP contribution in [0.2, 0.25) is 0 Å². The van der Waals surface area contributed by atoms with Crippen LogP contribution in [-0.2, 0) is 11.3 Å². The molecule has 2 aromatic heterocycles. The molecule has 3 aromatic rings. The predicted octanol–water partition coefficient (Wildman–Crippen LogP) is 2.16. The van der Waals surface area contributed by atoms with Gasteiger partial charge in [0.15, 0.2) is 0 Å². The number of hydrogen-bond acceptors (Lipinski definition) is 8. The van der Waals surface area contributed by atoms with E-state index in [0.717, 1.165) is 49.7 Å². The predicted molar refractivity (Wildman–Crippen MR) is 129 cm³/mol. The number of hydrogen-bond donors (Lipinski definition) is 2. The van der Waals surface area contributed by atoms with E-state index in [9.17, 15) is 0 Å². The van der Waals surface area contributed by atoms with Gasteiger partial charge in [-0.2, -0.15) is 5.10 Å². The summed E-state index contributed by atoms with van der Waals surface area (Å²) in [7, 11) is 1.74. The maximum Gasteiger partial charge on any atom is 0.142 e. The second-order valence-corrected chi connectivity index (χ2v) is 8.81. The molecule has 0 spiro atoms. The third-order valence-electron chi connectivity index (χ3n) is 6.75. The van der Waals surface area contributed by atoms with E-state index in [1.165, 1.54) is 30.6 Å². The van der Waals surface area contributed by atoms with Crippen LogP contribution < -0.4 is 10.6 Å². The highest BCUT2D eigenvalue weighted by molar-refractivity contribution is 5.83. The lowest BCUT2D eigenvalue weighted by molar-refractivity contribution is 0.0965. The molecule has 4 heterocycles. The average Bonchev–Trinajstić information content (AvgIpc) is 3.34. The van der Waals surface area contributed by atoms with Crippen molar-refractivity contribution in [3.63, 3.8) is 0 Å². The van der Waals surface area contributed by atoms with Crippen LogP contribution >= 0.6 is 0 Å². The third-order valence-corrected chi connectivity index (χ3v) is 6.75. The van der Waals surface area contributed by atoms with Gasteiger partial charge in [-0.05, 0) is 30.6 Å². The van der Waals surface area contributed by atoms with Gasteiger partial charge in [0.2, 0.25) is 0 Å². The van der Waals surface area contributed by atoms with Crippen molar-refractivity contribution in [3.05, 3.63) is 54.1 Å². The van der Waals surface area contributed by atoms with E-state index in [1.54, 1.807) is 19.6 Å². The minimum Gasteiger partial charge on any atom is -0.383 e. The molecule has 0 saturated carbocycles. The van der Waals surface area contributed by atoms with Crippen LogP contribution in [-0.4, -0.2) is 82.9 Å². The summed E-state index contributed by atoms with van der Waals surface area (Å²) in [5, 5.41) is 6.94. The van der Waals surface area contributed by atoms with Crippen LogP contribution in [0.5, 0.6) is 0 Å². The van der Waals surface area contributed by atoms with Gasteiger partial charge in [-0.1, -0.05) is 24.3 Å². The van der Waals surface area contributed by atoms with Crippen LogP contribution in [0.4, 0.5) is 11.6 Å². The number of rotatable bonds is 8. The van der Waals surface area contributed by atoms with Crippen molar-refractivity contribution in [2.45, 2.75) is 19.1 Å². The van der Waals surface area contributed by atoms with Crippen LogP contribution in [0.25, 0.3) is 11.1 Å². The molecule has 2 saturated heterocycles. The Kier molecular flexibility index (Phi) is 6.52. The first-order chi connectivity index (χ1) is 16.2. The van der Waals surface area contributed by atoms with Gasteiger partial charge in [-0.25, -0.2) is 9.97 Å². The molecule has 3 N–H and O–H groups in total. The average molecular weight is 449 g/mol. The summed E-state index contributed by atoms with van der Waals surface area (Å²) in [5.74, 6) is 1.36. The number of aromatic nitrogens is 4. The van der Waals surface area contributed by atoms with Crippen molar-refractivity contribution in [2.75, 3.05) is 63.6 Å². The summed E-state index contributed by atoms with van der Waals surface area (Å²) >= 11 is 0. The summed E-state index contributed by atoms with van der Waals surface area (Å²) in [6.07, 6.45) is 6.46. The fourth-order valence-electron chi connectivity index (χ4n) is 4.78. The second kappa shape index (κ2) is 9.86. The Balaban J connectivity index is 1.33. The Morgan fingerprint density at radius 1 is 1.06 bits per heavy atom. The molecular formula is C24H32N8O. The fraction of sp³-hybridized carbons (Fsp3) is 0.458. The van der Waals surface area contributed by atoms with Crippen molar-refractivity contribution < 1.29 is 4.74 Å². The van der Waals surface area contributed by atoms with Crippen LogP contribution in [0.1, 0.15) is 23.6 Å². The van der Waals surface area contributed by atoms with Gasteiger partial charge >= 0.3 is 0 Å². The lowest BCUT2D eigenvalue weighted by atomic mass is 10.0. The monoisotopic (exact) mass is 448 g/mol. The van der Waals surface area contributed by atoms with E-state index >= 15 is 0 Å². The summed E-state index contributed by atoms with van der Waals surface area (Å²) in [4.78, 5) is 16.3. The third kappa shape index (κ3) is 4.71. The van der Waals surface area contributed by atoms with Crippen molar-refractivity contribution >= 4 is 11.6 Å². The molecule has 1 aromatic carbocycles. The highest BCUT2D eigenvalue weighted by atomic mass is 16.5. The fourth-order valence-corrected chi connectivity index (χ4v) is 4.78. The Bertz CT molecular complexity index is 1030. The molecule has 2 fully saturated rings. The second-order valence-electron chi connectivity index (χ2n) is 8.81. The van der Waals surface area contributed by atoms with Gasteiger partial charge in [0.05, 0.1) is 18.4 Å². The van der Waals surface area contributed by atoms with Crippen molar-refractivity contribution in [3.8, 4) is 11.1 Å². The van der Waals surface area contributed by atoms with E-state index in [2.05, 4.69) is 59.1 Å². The maximum absolute atomic E-state index is 6.24. The highest BCUT2D eigenvalue weighted by Gasteiger charge is 2.30. The molecule has 1 unspecified atom stereocenters. The molecule has 2 aliphatic rings. The number of benzene rings is 1. The van der Waals surface area contributed by atoms with E-state index in [4.69, 9.17) is 10.5 Å². The Morgan fingerprint density at radius 3 is 2.48 bits per heavy atom. The number of nitrogen functional groups attached to an aromatic ring is 1. The van der Waals surface area contributed by atoms with Crippen molar-refractivity contribution in [1.29, 1.82) is 0 Å². The molecule has 0 amide bonds. The molecule has 2 aliphatic heterocycles. The summed E-state index contributed by atoms with van der Waals surface area (Å²) in [6, 6.07) is 9.31. The molecule has 0 aliphatic carbocycles. The number of likely N-dealkylation sites (tertiary alicyclic amines) is 1. The van der Waals surface area contributed by atoms with Gasteiger partial charge < -0.3 is 20.3 Å². The molecule has 174 valence electrons. The molecule has 0 bridgehead atoms. The molecule has 33 heavy (non-hydrogen) atoms. The maximum atomic E-state index is 6.24. The minimum atomic E-state index is 0.382. The molecule has 1 atom stereocenters. The normalized spacial score (nSPS) is 18.3. The number of ether oxygens (including phenoxy) is 1. The summed E-state index contributed by atoms with van der Waals surface area (Å²) in [6.45, 7) is 7.83. The number of anilines is 2. The lowest BCUT2D eigenvalue weighted by Crippen LogP contribution is -2.51. The molecular weight excluding hydrogens is 416 g/mol. The van der Waals surface area contributed by atoms with E-state index in [1.807, 2.05) is 6.20 Å².